The van der Waals surface area contributed by atoms with E-state index in [1.54, 1.807) is 0 Å². The van der Waals surface area contributed by atoms with Crippen molar-refractivity contribution in [3.63, 3.8) is 0 Å². The van der Waals surface area contributed by atoms with Gasteiger partial charge in [-0.2, -0.15) is 0 Å². The van der Waals surface area contributed by atoms with E-state index in [0.29, 0.717) is 6.54 Å². The summed E-state index contributed by atoms with van der Waals surface area (Å²) in [6, 6.07) is 8.40. The third-order valence-corrected chi connectivity index (χ3v) is 3.37. The summed E-state index contributed by atoms with van der Waals surface area (Å²) in [5.74, 6) is 0. The van der Waals surface area contributed by atoms with Gasteiger partial charge in [0, 0.05) is 24.5 Å². The highest BCUT2D eigenvalue weighted by molar-refractivity contribution is 5.68. The van der Waals surface area contributed by atoms with E-state index in [1.807, 2.05) is 12.4 Å². The van der Waals surface area contributed by atoms with Gasteiger partial charge < -0.3 is 14.7 Å². The summed E-state index contributed by atoms with van der Waals surface area (Å²) in [6.07, 6.45) is 7.03. The molecule has 0 aliphatic carbocycles. The number of aromatic nitrogens is 3. The van der Waals surface area contributed by atoms with Crippen LogP contribution in [0.2, 0.25) is 0 Å². The molecule has 3 heterocycles. The minimum absolute atomic E-state index is 0.709. The van der Waals surface area contributed by atoms with Crippen molar-refractivity contribution >= 4 is 5.52 Å². The summed E-state index contributed by atoms with van der Waals surface area (Å²) in [5.41, 5.74) is 10.2. The normalized spacial score (nSPS) is 11.3. The van der Waals surface area contributed by atoms with Crippen molar-refractivity contribution in [3.8, 4) is 11.4 Å². The molecule has 98 valence electrons. The van der Waals surface area contributed by atoms with Gasteiger partial charge in [0.2, 0.25) is 0 Å². The lowest BCUT2D eigenvalue weighted by Crippen LogP contribution is -2.03. The fourth-order valence-corrected chi connectivity index (χ4v) is 2.46. The van der Waals surface area contributed by atoms with E-state index in [-0.39, 0.29) is 0 Å². The molecule has 0 saturated carbocycles. The second-order valence-corrected chi connectivity index (χ2v) is 4.81. The lowest BCUT2D eigenvalue weighted by atomic mass is 10.2. The smallest absolute Gasteiger partial charge is 0.105 e. The van der Waals surface area contributed by atoms with E-state index >= 15 is 0 Å². The summed E-state index contributed by atoms with van der Waals surface area (Å²) in [5, 5.41) is 0. The van der Waals surface area contributed by atoms with Crippen LogP contribution in [0, 0.1) is 6.92 Å². The van der Waals surface area contributed by atoms with Crippen LogP contribution in [0.1, 0.15) is 12.0 Å². The van der Waals surface area contributed by atoms with Gasteiger partial charge in [0.05, 0.1) is 12.0 Å². The van der Waals surface area contributed by atoms with Crippen LogP contribution in [0.15, 0.2) is 43.0 Å². The molecule has 4 nitrogen and oxygen atoms in total. The summed E-state index contributed by atoms with van der Waals surface area (Å²) in [4.78, 5) is 4.52. The SMILES string of the molecule is Cc1cc2ccccn2c1-c1cn(CCCN)cn1. The lowest BCUT2D eigenvalue weighted by molar-refractivity contribution is 0.650. The van der Waals surface area contributed by atoms with Crippen molar-refractivity contribution in [2.75, 3.05) is 6.54 Å². The number of aryl methyl sites for hydroxylation is 2. The van der Waals surface area contributed by atoms with Gasteiger partial charge >= 0.3 is 0 Å². The van der Waals surface area contributed by atoms with E-state index in [0.717, 1.165) is 18.7 Å². The van der Waals surface area contributed by atoms with Gasteiger partial charge in [-0.05, 0) is 43.7 Å². The third-order valence-electron chi connectivity index (χ3n) is 3.37. The molecular formula is C15H18N4. The Labute approximate surface area is 112 Å². The fraction of sp³-hybridized carbons (Fsp3) is 0.267. The first kappa shape index (κ1) is 12.0. The molecule has 0 radical (unpaired) electrons. The molecule has 0 aliphatic heterocycles. The van der Waals surface area contributed by atoms with Crippen LogP contribution >= 0.6 is 0 Å². The molecule has 0 bridgehead atoms. The molecule has 0 spiro atoms. The first-order valence-corrected chi connectivity index (χ1v) is 6.58. The Hall–Kier alpha value is -2.07. The minimum atomic E-state index is 0.709. The third kappa shape index (κ3) is 2.15. The molecule has 0 atom stereocenters. The van der Waals surface area contributed by atoms with Gasteiger partial charge in [-0.3, -0.25) is 0 Å². The molecule has 0 aliphatic rings. The highest BCUT2D eigenvalue weighted by Gasteiger charge is 2.11. The van der Waals surface area contributed by atoms with Crippen molar-refractivity contribution in [1.82, 2.24) is 14.0 Å². The van der Waals surface area contributed by atoms with E-state index in [4.69, 9.17) is 5.73 Å². The van der Waals surface area contributed by atoms with Gasteiger partial charge in [-0.15, -0.1) is 0 Å². The zero-order valence-electron chi connectivity index (χ0n) is 11.1. The summed E-state index contributed by atoms with van der Waals surface area (Å²) >= 11 is 0. The number of hydrogen-bond donors (Lipinski definition) is 1. The molecule has 2 N–H and O–H groups in total. The van der Waals surface area contributed by atoms with Crippen LogP contribution in [-0.2, 0) is 6.54 Å². The van der Waals surface area contributed by atoms with Crippen LogP contribution in [0.3, 0.4) is 0 Å². The highest BCUT2D eigenvalue weighted by atomic mass is 15.0. The summed E-state index contributed by atoms with van der Waals surface area (Å²) < 4.78 is 4.29. The molecule has 0 aromatic carbocycles. The summed E-state index contributed by atoms with van der Waals surface area (Å²) in [7, 11) is 0. The van der Waals surface area contributed by atoms with Crippen LogP contribution in [0.5, 0.6) is 0 Å². The first-order valence-electron chi connectivity index (χ1n) is 6.58. The van der Waals surface area contributed by atoms with E-state index in [1.165, 1.54) is 16.8 Å². The van der Waals surface area contributed by atoms with Gasteiger partial charge in [-0.25, -0.2) is 4.98 Å². The van der Waals surface area contributed by atoms with Crippen molar-refractivity contribution < 1.29 is 0 Å². The Bertz CT molecular complexity index is 693. The second-order valence-electron chi connectivity index (χ2n) is 4.81. The zero-order valence-corrected chi connectivity index (χ0v) is 11.1. The second kappa shape index (κ2) is 4.90. The number of fused-ring (bicyclic) bond motifs is 1. The topological polar surface area (TPSA) is 48.2 Å². The first-order chi connectivity index (χ1) is 9.29. The van der Waals surface area contributed by atoms with Crippen LogP contribution in [0.4, 0.5) is 0 Å². The number of hydrogen-bond acceptors (Lipinski definition) is 2. The summed E-state index contributed by atoms with van der Waals surface area (Å²) in [6.45, 7) is 3.76. The van der Waals surface area contributed by atoms with Crippen LogP contribution < -0.4 is 5.73 Å². The molecule has 4 heteroatoms. The molecule has 3 rings (SSSR count). The van der Waals surface area contributed by atoms with E-state index < -0.39 is 0 Å². The van der Waals surface area contributed by atoms with Crippen LogP contribution in [-0.4, -0.2) is 20.5 Å². The predicted molar refractivity (Wildman–Crippen MR) is 77.0 cm³/mol. The molecular weight excluding hydrogens is 236 g/mol. The largest absolute Gasteiger partial charge is 0.337 e. The Morgan fingerprint density at radius 2 is 2.21 bits per heavy atom. The zero-order chi connectivity index (χ0) is 13.2. The molecule has 3 aromatic heterocycles. The molecule has 0 amide bonds. The lowest BCUT2D eigenvalue weighted by Gasteiger charge is -2.01. The molecule has 3 aromatic rings. The number of nitrogens with zero attached hydrogens (tertiary/aromatic N) is 3. The predicted octanol–water partition coefficient (Wildman–Crippen LogP) is 2.46. The molecule has 0 unspecified atom stereocenters. The number of rotatable bonds is 4. The average molecular weight is 254 g/mol. The number of imidazole rings is 1. The maximum atomic E-state index is 5.54. The average Bonchev–Trinajstić information content (AvgIpc) is 2.99. The van der Waals surface area contributed by atoms with E-state index in [2.05, 4.69) is 51.5 Å². The monoisotopic (exact) mass is 254 g/mol. The van der Waals surface area contributed by atoms with Gasteiger partial charge in [0.25, 0.3) is 0 Å². The van der Waals surface area contributed by atoms with Crippen molar-refractivity contribution in [2.24, 2.45) is 5.73 Å². The Morgan fingerprint density at radius 3 is 3.05 bits per heavy atom. The quantitative estimate of drug-likeness (QED) is 0.777. The van der Waals surface area contributed by atoms with Gasteiger partial charge in [0.1, 0.15) is 5.69 Å². The fourth-order valence-electron chi connectivity index (χ4n) is 2.46. The Kier molecular flexibility index (Phi) is 3.09. The maximum Gasteiger partial charge on any atom is 0.105 e. The standard InChI is InChI=1S/C15H18N4/c1-12-9-13-5-2-3-8-19(13)15(12)14-10-18(11-17-14)7-4-6-16/h2-3,5,8-11H,4,6-7,16H2,1H3. The van der Waals surface area contributed by atoms with Gasteiger partial charge in [-0.1, -0.05) is 6.07 Å². The van der Waals surface area contributed by atoms with Crippen molar-refractivity contribution in [2.45, 2.75) is 19.9 Å². The molecule has 19 heavy (non-hydrogen) atoms. The van der Waals surface area contributed by atoms with Gasteiger partial charge in [0.15, 0.2) is 0 Å². The Morgan fingerprint density at radius 1 is 1.32 bits per heavy atom. The number of pyridine rings is 1. The minimum Gasteiger partial charge on any atom is -0.337 e. The number of nitrogens with two attached hydrogens (primary N) is 1. The molecule has 0 fully saturated rings. The molecule has 0 saturated heterocycles. The maximum absolute atomic E-state index is 5.54. The van der Waals surface area contributed by atoms with Crippen LogP contribution in [0.25, 0.3) is 16.9 Å². The Balaban J connectivity index is 2.04. The van der Waals surface area contributed by atoms with Crippen molar-refractivity contribution in [3.05, 3.63) is 48.5 Å². The van der Waals surface area contributed by atoms with E-state index in [9.17, 15) is 0 Å². The highest BCUT2D eigenvalue weighted by Crippen LogP contribution is 2.25. The van der Waals surface area contributed by atoms with Crippen molar-refractivity contribution in [1.29, 1.82) is 0 Å².